The van der Waals surface area contributed by atoms with E-state index in [1.165, 1.54) is 5.56 Å². The lowest BCUT2D eigenvalue weighted by Gasteiger charge is -2.07. The van der Waals surface area contributed by atoms with Crippen molar-refractivity contribution in [3.05, 3.63) is 65.7 Å². The van der Waals surface area contributed by atoms with Crippen molar-refractivity contribution in [2.24, 2.45) is 5.73 Å². The van der Waals surface area contributed by atoms with Crippen LogP contribution in [0, 0.1) is 0 Å². The largest absolute Gasteiger partial charge is 0.385 e. The highest BCUT2D eigenvalue weighted by Gasteiger charge is 1.98. The molecule has 3 N–H and O–H groups in total. The van der Waals surface area contributed by atoms with Gasteiger partial charge in [0.25, 0.3) is 0 Å². The number of hydrogen-bond acceptors (Lipinski definition) is 2. The van der Waals surface area contributed by atoms with Crippen LogP contribution in [0.1, 0.15) is 17.5 Å². The maximum Gasteiger partial charge on any atom is 0.221 e. The van der Waals surface area contributed by atoms with Crippen LogP contribution >= 0.6 is 0 Å². The van der Waals surface area contributed by atoms with Gasteiger partial charge in [0.1, 0.15) is 0 Å². The van der Waals surface area contributed by atoms with Crippen LogP contribution in [-0.4, -0.2) is 12.5 Å². The number of primary amides is 1. The van der Waals surface area contributed by atoms with Gasteiger partial charge in [-0.15, -0.1) is 0 Å². The highest BCUT2D eigenvalue weighted by Crippen LogP contribution is 2.10. The Bertz CT molecular complexity index is 535. The van der Waals surface area contributed by atoms with E-state index in [-0.39, 0.29) is 5.91 Å². The normalized spacial score (nSPS) is 10.2. The standard InChI is InChI=1S/C17H20N2O/c18-17(20)13-15-8-10-16(11-9-15)19-12-4-7-14-5-2-1-3-6-14/h1-3,5-6,8-11,19H,4,7,12-13H2,(H2,18,20). The van der Waals surface area contributed by atoms with Crippen LogP contribution in [0.5, 0.6) is 0 Å². The molecular formula is C17H20N2O. The van der Waals surface area contributed by atoms with Gasteiger partial charge in [0.2, 0.25) is 5.91 Å². The maximum absolute atomic E-state index is 10.8. The smallest absolute Gasteiger partial charge is 0.221 e. The monoisotopic (exact) mass is 268 g/mol. The average Bonchev–Trinajstić information content (AvgIpc) is 2.46. The molecule has 0 saturated carbocycles. The van der Waals surface area contributed by atoms with Gasteiger partial charge in [0, 0.05) is 12.2 Å². The van der Waals surface area contributed by atoms with Crippen molar-refractivity contribution in [3.8, 4) is 0 Å². The molecule has 2 aromatic carbocycles. The summed E-state index contributed by atoms with van der Waals surface area (Å²) in [5.41, 5.74) is 8.55. The molecule has 2 rings (SSSR count). The van der Waals surface area contributed by atoms with E-state index < -0.39 is 0 Å². The van der Waals surface area contributed by atoms with Crippen molar-refractivity contribution in [2.75, 3.05) is 11.9 Å². The molecular weight excluding hydrogens is 248 g/mol. The lowest BCUT2D eigenvalue weighted by molar-refractivity contribution is -0.117. The Hall–Kier alpha value is -2.29. The molecule has 2 aromatic rings. The molecule has 0 atom stereocenters. The Morgan fingerprint density at radius 3 is 2.30 bits per heavy atom. The number of benzene rings is 2. The summed E-state index contributed by atoms with van der Waals surface area (Å²) < 4.78 is 0. The fraction of sp³-hybridized carbons (Fsp3) is 0.235. The molecule has 0 aliphatic heterocycles. The third kappa shape index (κ3) is 4.76. The Balaban J connectivity index is 1.73. The quantitative estimate of drug-likeness (QED) is 0.759. The predicted molar refractivity (Wildman–Crippen MR) is 82.6 cm³/mol. The highest BCUT2D eigenvalue weighted by molar-refractivity contribution is 5.76. The molecule has 0 radical (unpaired) electrons. The Kier molecular flexibility index (Phi) is 5.18. The van der Waals surface area contributed by atoms with Gasteiger partial charge in [-0.3, -0.25) is 4.79 Å². The second kappa shape index (κ2) is 7.34. The summed E-state index contributed by atoms with van der Waals surface area (Å²) in [6.07, 6.45) is 2.47. The first kappa shape index (κ1) is 14.1. The molecule has 3 heteroatoms. The minimum absolute atomic E-state index is 0.298. The number of carbonyl (C=O) groups excluding carboxylic acids is 1. The van der Waals surface area contributed by atoms with Crippen LogP contribution in [-0.2, 0) is 17.6 Å². The molecule has 0 unspecified atom stereocenters. The SMILES string of the molecule is NC(=O)Cc1ccc(NCCCc2ccccc2)cc1. The molecule has 0 spiro atoms. The van der Waals surface area contributed by atoms with Crippen LogP contribution in [0.4, 0.5) is 5.69 Å². The topological polar surface area (TPSA) is 55.1 Å². The number of amides is 1. The number of nitrogens with one attached hydrogen (secondary N) is 1. The fourth-order valence-electron chi connectivity index (χ4n) is 2.11. The van der Waals surface area contributed by atoms with Crippen molar-refractivity contribution in [3.63, 3.8) is 0 Å². The number of nitrogens with two attached hydrogens (primary N) is 1. The van der Waals surface area contributed by atoms with Gasteiger partial charge < -0.3 is 11.1 Å². The summed E-state index contributed by atoms with van der Waals surface area (Å²) in [5, 5.41) is 3.38. The molecule has 3 nitrogen and oxygen atoms in total. The van der Waals surface area contributed by atoms with E-state index in [4.69, 9.17) is 5.73 Å². The van der Waals surface area contributed by atoms with Crippen LogP contribution in [0.2, 0.25) is 0 Å². The minimum atomic E-state index is -0.298. The number of anilines is 1. The zero-order valence-electron chi connectivity index (χ0n) is 11.5. The second-order valence-electron chi connectivity index (χ2n) is 4.86. The highest BCUT2D eigenvalue weighted by atomic mass is 16.1. The minimum Gasteiger partial charge on any atom is -0.385 e. The van der Waals surface area contributed by atoms with E-state index in [9.17, 15) is 4.79 Å². The molecule has 0 aromatic heterocycles. The molecule has 0 heterocycles. The molecule has 1 amide bonds. The Labute approximate surface area is 119 Å². The number of carbonyl (C=O) groups is 1. The van der Waals surface area contributed by atoms with E-state index in [1.54, 1.807) is 0 Å². The molecule has 20 heavy (non-hydrogen) atoms. The Morgan fingerprint density at radius 1 is 0.950 bits per heavy atom. The second-order valence-corrected chi connectivity index (χ2v) is 4.86. The van der Waals surface area contributed by atoms with Crippen molar-refractivity contribution in [1.29, 1.82) is 0 Å². The number of aryl methyl sites for hydroxylation is 1. The lowest BCUT2D eigenvalue weighted by atomic mass is 10.1. The van der Waals surface area contributed by atoms with E-state index >= 15 is 0 Å². The summed E-state index contributed by atoms with van der Waals surface area (Å²) in [6.45, 7) is 0.935. The zero-order valence-corrected chi connectivity index (χ0v) is 11.5. The first-order chi connectivity index (χ1) is 9.74. The van der Waals surface area contributed by atoms with Gasteiger partial charge in [-0.2, -0.15) is 0 Å². The van der Waals surface area contributed by atoms with Crippen LogP contribution in [0.3, 0.4) is 0 Å². The van der Waals surface area contributed by atoms with Gasteiger partial charge in [0.15, 0.2) is 0 Å². The zero-order chi connectivity index (χ0) is 14.2. The van der Waals surface area contributed by atoms with Crippen molar-refractivity contribution >= 4 is 11.6 Å². The summed E-state index contributed by atoms with van der Waals surface area (Å²) in [7, 11) is 0. The Morgan fingerprint density at radius 2 is 1.65 bits per heavy atom. The van der Waals surface area contributed by atoms with E-state index in [0.29, 0.717) is 6.42 Å². The van der Waals surface area contributed by atoms with E-state index in [0.717, 1.165) is 30.6 Å². The molecule has 0 fully saturated rings. The first-order valence-electron chi connectivity index (χ1n) is 6.89. The van der Waals surface area contributed by atoms with E-state index in [2.05, 4.69) is 29.6 Å². The van der Waals surface area contributed by atoms with Gasteiger partial charge in [-0.05, 0) is 36.1 Å². The van der Waals surface area contributed by atoms with Crippen LogP contribution in [0.25, 0.3) is 0 Å². The molecule has 0 bridgehead atoms. The lowest BCUT2D eigenvalue weighted by Crippen LogP contribution is -2.13. The van der Waals surface area contributed by atoms with Crippen LogP contribution in [0.15, 0.2) is 54.6 Å². The maximum atomic E-state index is 10.8. The molecule has 104 valence electrons. The van der Waals surface area contributed by atoms with Gasteiger partial charge in [-0.25, -0.2) is 0 Å². The fourth-order valence-corrected chi connectivity index (χ4v) is 2.11. The molecule has 0 aliphatic rings. The molecule has 0 aliphatic carbocycles. The summed E-state index contributed by atoms with van der Waals surface area (Å²) in [5.74, 6) is -0.298. The predicted octanol–water partition coefficient (Wildman–Crippen LogP) is 2.76. The number of hydrogen-bond donors (Lipinski definition) is 2. The summed E-state index contributed by atoms with van der Waals surface area (Å²) in [4.78, 5) is 10.8. The summed E-state index contributed by atoms with van der Waals surface area (Å²) >= 11 is 0. The first-order valence-corrected chi connectivity index (χ1v) is 6.89. The van der Waals surface area contributed by atoms with Gasteiger partial charge >= 0.3 is 0 Å². The average molecular weight is 268 g/mol. The van der Waals surface area contributed by atoms with Gasteiger partial charge in [-0.1, -0.05) is 42.5 Å². The molecule has 0 saturated heterocycles. The van der Waals surface area contributed by atoms with E-state index in [1.807, 2.05) is 30.3 Å². The van der Waals surface area contributed by atoms with Crippen molar-refractivity contribution < 1.29 is 4.79 Å². The summed E-state index contributed by atoms with van der Waals surface area (Å²) in [6, 6.07) is 18.3. The van der Waals surface area contributed by atoms with Crippen LogP contribution < -0.4 is 11.1 Å². The van der Waals surface area contributed by atoms with Crippen molar-refractivity contribution in [2.45, 2.75) is 19.3 Å². The third-order valence-electron chi connectivity index (χ3n) is 3.15. The number of rotatable bonds is 7. The van der Waals surface area contributed by atoms with Gasteiger partial charge in [0.05, 0.1) is 6.42 Å². The third-order valence-corrected chi connectivity index (χ3v) is 3.15. The van der Waals surface area contributed by atoms with Crippen molar-refractivity contribution in [1.82, 2.24) is 0 Å².